The van der Waals surface area contributed by atoms with Crippen LogP contribution in [0.1, 0.15) is 30.0 Å². The summed E-state index contributed by atoms with van der Waals surface area (Å²) in [6, 6.07) is 14.3. The van der Waals surface area contributed by atoms with Gasteiger partial charge in [0, 0.05) is 10.5 Å². The Hall–Kier alpha value is -2.38. The molecule has 1 aromatic heterocycles. The van der Waals surface area contributed by atoms with Gasteiger partial charge in [-0.3, -0.25) is 0 Å². The number of hydrogen-bond donors (Lipinski definition) is 0. The zero-order valence-corrected chi connectivity index (χ0v) is 18.6. The van der Waals surface area contributed by atoms with E-state index < -0.39 is 6.10 Å². The molecule has 1 atom stereocenters. The predicted molar refractivity (Wildman–Crippen MR) is 118 cm³/mol. The fourth-order valence-electron chi connectivity index (χ4n) is 2.61. The topological polar surface area (TPSA) is 61.3 Å². The lowest BCUT2D eigenvalue weighted by atomic mass is 10.2. The van der Waals surface area contributed by atoms with Gasteiger partial charge in [-0.1, -0.05) is 41.2 Å². The minimum atomic E-state index is -0.631. The first-order chi connectivity index (χ1) is 14.0. The van der Waals surface area contributed by atoms with Crippen LogP contribution in [-0.4, -0.2) is 28.9 Å². The molecule has 0 bridgehead atoms. The second kappa shape index (κ2) is 9.89. The van der Waals surface area contributed by atoms with Gasteiger partial charge in [-0.2, -0.15) is 0 Å². The lowest BCUT2D eigenvalue weighted by Gasteiger charge is -2.15. The molecule has 3 aromatic rings. The Kier molecular flexibility index (Phi) is 7.28. The normalized spacial score (nSPS) is 11.9. The van der Waals surface area contributed by atoms with E-state index in [1.807, 2.05) is 19.1 Å². The average Bonchev–Trinajstić information content (AvgIpc) is 3.18. The number of aryl methyl sites for hydroxylation is 2. The van der Waals surface area contributed by atoms with E-state index >= 15 is 0 Å². The fraction of sp³-hybridized carbons (Fsp3) is 0.318. The molecule has 7 heteroatoms. The Balaban J connectivity index is 1.59. The van der Waals surface area contributed by atoms with Crippen molar-refractivity contribution in [3.63, 3.8) is 0 Å². The SMILES string of the molecule is CCOC(=O)C(C)Oc1ccc(SCc2nnc(-c3ccc(C)cc3)s2)cc1C. The van der Waals surface area contributed by atoms with Gasteiger partial charge in [-0.15, -0.1) is 22.0 Å². The van der Waals surface area contributed by atoms with E-state index in [2.05, 4.69) is 47.5 Å². The molecule has 0 spiro atoms. The molecule has 1 unspecified atom stereocenters. The quantitative estimate of drug-likeness (QED) is 0.351. The molecule has 0 saturated heterocycles. The van der Waals surface area contributed by atoms with Crippen molar-refractivity contribution in [1.29, 1.82) is 0 Å². The summed E-state index contributed by atoms with van der Waals surface area (Å²) >= 11 is 3.32. The van der Waals surface area contributed by atoms with Crippen LogP contribution in [0.25, 0.3) is 10.6 Å². The highest BCUT2D eigenvalue weighted by Gasteiger charge is 2.17. The zero-order valence-electron chi connectivity index (χ0n) is 17.0. The molecule has 5 nitrogen and oxygen atoms in total. The van der Waals surface area contributed by atoms with E-state index in [1.54, 1.807) is 36.9 Å². The number of aromatic nitrogens is 2. The Labute approximate surface area is 179 Å². The number of benzene rings is 2. The van der Waals surface area contributed by atoms with Gasteiger partial charge in [0.1, 0.15) is 15.8 Å². The van der Waals surface area contributed by atoms with Crippen LogP contribution in [-0.2, 0) is 15.3 Å². The maximum absolute atomic E-state index is 11.7. The van der Waals surface area contributed by atoms with E-state index in [0.29, 0.717) is 12.4 Å². The van der Waals surface area contributed by atoms with Gasteiger partial charge in [0.2, 0.25) is 0 Å². The van der Waals surface area contributed by atoms with Gasteiger partial charge in [0.15, 0.2) is 6.10 Å². The van der Waals surface area contributed by atoms with Crippen LogP contribution in [0, 0.1) is 13.8 Å². The highest BCUT2D eigenvalue weighted by molar-refractivity contribution is 7.98. The van der Waals surface area contributed by atoms with Gasteiger partial charge in [0.25, 0.3) is 0 Å². The highest BCUT2D eigenvalue weighted by Crippen LogP contribution is 2.31. The molecule has 0 fully saturated rings. The van der Waals surface area contributed by atoms with Gasteiger partial charge < -0.3 is 9.47 Å². The predicted octanol–water partition coefficient (Wildman–Crippen LogP) is 5.44. The van der Waals surface area contributed by atoms with Crippen LogP contribution in [0.3, 0.4) is 0 Å². The minimum Gasteiger partial charge on any atom is -0.479 e. The summed E-state index contributed by atoms with van der Waals surface area (Å²) < 4.78 is 10.7. The van der Waals surface area contributed by atoms with Gasteiger partial charge in [-0.25, -0.2) is 4.79 Å². The number of hydrogen-bond acceptors (Lipinski definition) is 7. The van der Waals surface area contributed by atoms with Crippen molar-refractivity contribution in [2.45, 2.75) is 44.4 Å². The van der Waals surface area contributed by atoms with E-state index in [-0.39, 0.29) is 5.97 Å². The molecular weight excluding hydrogens is 404 g/mol. The summed E-state index contributed by atoms with van der Waals surface area (Å²) in [5.74, 6) is 1.08. The third-order valence-corrected chi connectivity index (χ3v) is 6.36. The molecule has 0 N–H and O–H groups in total. The molecule has 152 valence electrons. The Morgan fingerprint density at radius 2 is 1.90 bits per heavy atom. The van der Waals surface area contributed by atoms with Crippen LogP contribution in [0.5, 0.6) is 5.75 Å². The van der Waals surface area contributed by atoms with E-state index in [9.17, 15) is 4.79 Å². The number of carbonyl (C=O) groups excluding carboxylic acids is 1. The molecule has 0 aliphatic rings. The van der Waals surface area contributed by atoms with Crippen LogP contribution in [0.4, 0.5) is 0 Å². The molecule has 29 heavy (non-hydrogen) atoms. The first kappa shape index (κ1) is 21.3. The number of carbonyl (C=O) groups is 1. The number of thioether (sulfide) groups is 1. The van der Waals surface area contributed by atoms with E-state index in [4.69, 9.17) is 9.47 Å². The summed E-state index contributed by atoms with van der Waals surface area (Å²) in [4.78, 5) is 12.9. The van der Waals surface area contributed by atoms with Crippen molar-refractivity contribution in [2.75, 3.05) is 6.61 Å². The van der Waals surface area contributed by atoms with Crippen LogP contribution >= 0.6 is 23.1 Å². The van der Waals surface area contributed by atoms with Crippen molar-refractivity contribution in [3.8, 4) is 16.3 Å². The van der Waals surface area contributed by atoms with E-state index in [1.165, 1.54) is 5.56 Å². The lowest BCUT2D eigenvalue weighted by molar-refractivity contribution is -0.150. The first-order valence-electron chi connectivity index (χ1n) is 9.42. The molecule has 1 heterocycles. The number of ether oxygens (including phenoxy) is 2. The summed E-state index contributed by atoms with van der Waals surface area (Å²) in [6.07, 6.45) is -0.631. The standard InChI is InChI=1S/C22H24N2O3S2/c1-5-26-22(25)16(4)27-19-11-10-18(12-15(19)3)28-13-20-23-24-21(29-20)17-8-6-14(2)7-9-17/h6-12,16H,5,13H2,1-4H3. The molecule has 0 radical (unpaired) electrons. The van der Waals surface area contributed by atoms with Gasteiger partial charge in [0.05, 0.1) is 12.4 Å². The summed E-state index contributed by atoms with van der Waals surface area (Å²) in [7, 11) is 0. The third-order valence-electron chi connectivity index (χ3n) is 4.20. The van der Waals surface area contributed by atoms with Crippen molar-refractivity contribution in [1.82, 2.24) is 10.2 Å². The smallest absolute Gasteiger partial charge is 0.347 e. The second-order valence-electron chi connectivity index (χ2n) is 6.60. The minimum absolute atomic E-state index is 0.346. The molecule has 3 rings (SSSR count). The Morgan fingerprint density at radius 3 is 2.59 bits per heavy atom. The lowest BCUT2D eigenvalue weighted by Crippen LogP contribution is -2.26. The van der Waals surface area contributed by atoms with Crippen LogP contribution < -0.4 is 4.74 Å². The van der Waals surface area contributed by atoms with Gasteiger partial charge >= 0.3 is 5.97 Å². The van der Waals surface area contributed by atoms with Crippen molar-refractivity contribution in [3.05, 3.63) is 58.6 Å². The maximum Gasteiger partial charge on any atom is 0.347 e. The fourth-order valence-corrected chi connectivity index (χ4v) is 4.44. The summed E-state index contributed by atoms with van der Waals surface area (Å²) in [6.45, 7) is 7.86. The number of esters is 1. The Morgan fingerprint density at radius 1 is 1.14 bits per heavy atom. The molecule has 0 amide bonds. The average molecular weight is 429 g/mol. The van der Waals surface area contributed by atoms with Crippen LogP contribution in [0.2, 0.25) is 0 Å². The zero-order chi connectivity index (χ0) is 20.8. The third kappa shape index (κ3) is 5.81. The van der Waals surface area contributed by atoms with Crippen molar-refractivity contribution < 1.29 is 14.3 Å². The molecule has 0 saturated carbocycles. The van der Waals surface area contributed by atoms with Crippen LogP contribution in [0.15, 0.2) is 47.4 Å². The molecule has 0 aliphatic heterocycles. The summed E-state index contributed by atoms with van der Waals surface area (Å²) in [5, 5.41) is 10.6. The second-order valence-corrected chi connectivity index (χ2v) is 8.71. The molecular formula is C22H24N2O3S2. The number of rotatable bonds is 8. The highest BCUT2D eigenvalue weighted by atomic mass is 32.2. The first-order valence-corrected chi connectivity index (χ1v) is 11.2. The van der Waals surface area contributed by atoms with E-state index in [0.717, 1.165) is 31.8 Å². The molecule has 2 aromatic carbocycles. The van der Waals surface area contributed by atoms with Crippen molar-refractivity contribution >= 4 is 29.1 Å². The van der Waals surface area contributed by atoms with Gasteiger partial charge in [-0.05, 0) is 51.5 Å². The van der Waals surface area contributed by atoms with Crippen molar-refractivity contribution in [2.24, 2.45) is 0 Å². The Bertz CT molecular complexity index is 970. The maximum atomic E-state index is 11.7. The monoisotopic (exact) mass is 428 g/mol. The molecule has 0 aliphatic carbocycles. The summed E-state index contributed by atoms with van der Waals surface area (Å²) in [5.41, 5.74) is 3.30. The number of nitrogens with zero attached hydrogens (tertiary/aromatic N) is 2. The largest absolute Gasteiger partial charge is 0.479 e.